The summed E-state index contributed by atoms with van der Waals surface area (Å²) >= 11 is 0. The number of amides is 1. The molecule has 3 aromatic rings. The molecule has 0 aliphatic carbocycles. The number of rotatable bonds is 4. The van der Waals surface area contributed by atoms with Gasteiger partial charge < -0.3 is 10.1 Å². The first-order chi connectivity index (χ1) is 12.5. The lowest BCUT2D eigenvalue weighted by molar-refractivity contribution is 0.102. The SMILES string of the molecule is COc1ccc(-c2ncc(C(=O)Nc3cc(C)cc(C)c3)c(C)n2)cc1. The van der Waals surface area contributed by atoms with Crippen LogP contribution in [0.4, 0.5) is 5.69 Å². The number of carbonyl (C=O) groups is 1. The molecule has 0 radical (unpaired) electrons. The van der Waals surface area contributed by atoms with E-state index in [1.54, 1.807) is 13.3 Å². The predicted octanol–water partition coefficient (Wildman–Crippen LogP) is 4.33. The van der Waals surface area contributed by atoms with Gasteiger partial charge in [0, 0.05) is 17.4 Å². The van der Waals surface area contributed by atoms with Crippen LogP contribution in [0.1, 0.15) is 27.2 Å². The summed E-state index contributed by atoms with van der Waals surface area (Å²) in [5.74, 6) is 1.14. The third-order valence-corrected chi connectivity index (χ3v) is 4.05. The number of nitrogens with one attached hydrogen (secondary N) is 1. The molecule has 0 spiro atoms. The smallest absolute Gasteiger partial charge is 0.259 e. The molecule has 0 aliphatic rings. The minimum absolute atomic E-state index is 0.214. The van der Waals surface area contributed by atoms with Gasteiger partial charge in [0.25, 0.3) is 5.91 Å². The highest BCUT2D eigenvalue weighted by Crippen LogP contribution is 2.21. The van der Waals surface area contributed by atoms with Crippen molar-refractivity contribution in [1.29, 1.82) is 0 Å². The van der Waals surface area contributed by atoms with Gasteiger partial charge in [-0.25, -0.2) is 9.97 Å². The second-order valence-electron chi connectivity index (χ2n) is 6.25. The Labute approximate surface area is 153 Å². The third-order valence-electron chi connectivity index (χ3n) is 4.05. The molecule has 0 saturated carbocycles. The van der Waals surface area contributed by atoms with E-state index in [9.17, 15) is 4.79 Å². The lowest BCUT2D eigenvalue weighted by atomic mass is 10.1. The van der Waals surface area contributed by atoms with Gasteiger partial charge in [-0.1, -0.05) is 6.07 Å². The average molecular weight is 347 g/mol. The van der Waals surface area contributed by atoms with Crippen LogP contribution >= 0.6 is 0 Å². The number of benzene rings is 2. The van der Waals surface area contributed by atoms with Crippen molar-refractivity contribution in [3.8, 4) is 17.1 Å². The van der Waals surface area contributed by atoms with Crippen LogP contribution < -0.4 is 10.1 Å². The van der Waals surface area contributed by atoms with Crippen LogP contribution in [0.15, 0.2) is 48.7 Å². The topological polar surface area (TPSA) is 64.1 Å². The van der Waals surface area contributed by atoms with Crippen molar-refractivity contribution in [2.24, 2.45) is 0 Å². The molecule has 1 heterocycles. The number of nitrogens with zero attached hydrogens (tertiary/aromatic N) is 2. The molecule has 26 heavy (non-hydrogen) atoms. The second kappa shape index (κ2) is 7.35. The first-order valence-corrected chi connectivity index (χ1v) is 8.34. The van der Waals surface area contributed by atoms with Gasteiger partial charge >= 0.3 is 0 Å². The zero-order chi connectivity index (χ0) is 18.7. The van der Waals surface area contributed by atoms with Crippen molar-refractivity contribution in [3.05, 3.63) is 71.0 Å². The molecule has 1 amide bonds. The summed E-state index contributed by atoms with van der Waals surface area (Å²) in [6.07, 6.45) is 1.57. The van der Waals surface area contributed by atoms with Gasteiger partial charge in [-0.05, 0) is 68.3 Å². The van der Waals surface area contributed by atoms with E-state index < -0.39 is 0 Å². The van der Waals surface area contributed by atoms with Gasteiger partial charge in [0.15, 0.2) is 5.82 Å². The minimum Gasteiger partial charge on any atom is -0.497 e. The largest absolute Gasteiger partial charge is 0.497 e. The van der Waals surface area contributed by atoms with Crippen LogP contribution in [0, 0.1) is 20.8 Å². The molecular weight excluding hydrogens is 326 g/mol. The monoisotopic (exact) mass is 347 g/mol. The number of hydrogen-bond donors (Lipinski definition) is 1. The highest BCUT2D eigenvalue weighted by molar-refractivity contribution is 6.04. The Balaban J connectivity index is 1.83. The van der Waals surface area contributed by atoms with Crippen LogP contribution in [0.5, 0.6) is 5.75 Å². The molecule has 1 aromatic heterocycles. The van der Waals surface area contributed by atoms with E-state index in [4.69, 9.17) is 4.74 Å². The number of hydrogen-bond acceptors (Lipinski definition) is 4. The Hall–Kier alpha value is -3.21. The fraction of sp³-hybridized carbons (Fsp3) is 0.190. The zero-order valence-corrected chi connectivity index (χ0v) is 15.3. The maximum Gasteiger partial charge on any atom is 0.259 e. The summed E-state index contributed by atoms with van der Waals surface area (Å²) in [6, 6.07) is 13.4. The standard InChI is InChI=1S/C21H21N3O2/c1-13-9-14(2)11-17(10-13)24-21(25)19-12-22-20(23-15(19)3)16-5-7-18(26-4)8-6-16/h5-12H,1-4H3,(H,24,25). The van der Waals surface area contributed by atoms with Crippen molar-refractivity contribution in [2.45, 2.75) is 20.8 Å². The molecule has 3 rings (SSSR count). The second-order valence-corrected chi connectivity index (χ2v) is 6.25. The molecule has 0 fully saturated rings. The summed E-state index contributed by atoms with van der Waals surface area (Å²) in [5.41, 5.74) is 4.93. The molecule has 2 aromatic carbocycles. The van der Waals surface area contributed by atoms with Crippen LogP contribution in [0.3, 0.4) is 0 Å². The van der Waals surface area contributed by atoms with Crippen LogP contribution in [-0.2, 0) is 0 Å². The molecule has 0 unspecified atom stereocenters. The maximum absolute atomic E-state index is 12.6. The normalized spacial score (nSPS) is 10.5. The predicted molar refractivity (Wildman–Crippen MR) is 103 cm³/mol. The number of anilines is 1. The van der Waals surface area contributed by atoms with E-state index in [2.05, 4.69) is 21.4 Å². The van der Waals surface area contributed by atoms with Crippen molar-refractivity contribution in [3.63, 3.8) is 0 Å². The van der Waals surface area contributed by atoms with E-state index in [0.717, 1.165) is 28.1 Å². The number of ether oxygens (including phenoxy) is 1. The van der Waals surface area contributed by atoms with Crippen LogP contribution in [-0.4, -0.2) is 23.0 Å². The lowest BCUT2D eigenvalue weighted by Gasteiger charge is -2.10. The molecule has 0 aliphatic heterocycles. The summed E-state index contributed by atoms with van der Waals surface area (Å²) < 4.78 is 5.16. The summed E-state index contributed by atoms with van der Waals surface area (Å²) in [7, 11) is 1.62. The Morgan fingerprint density at radius 2 is 1.65 bits per heavy atom. The molecule has 5 heteroatoms. The Morgan fingerprint density at radius 1 is 1.00 bits per heavy atom. The zero-order valence-electron chi connectivity index (χ0n) is 15.3. The van der Waals surface area contributed by atoms with Gasteiger partial charge in [0.05, 0.1) is 18.4 Å². The first kappa shape index (κ1) is 17.6. The molecule has 132 valence electrons. The Kier molecular flexibility index (Phi) is 4.98. The Morgan fingerprint density at radius 3 is 2.23 bits per heavy atom. The summed E-state index contributed by atoms with van der Waals surface area (Å²) in [4.78, 5) is 21.4. The van der Waals surface area contributed by atoms with Gasteiger partial charge in [0.1, 0.15) is 5.75 Å². The number of aryl methyl sites for hydroxylation is 3. The molecule has 0 saturated heterocycles. The molecule has 0 atom stereocenters. The number of aromatic nitrogens is 2. The van der Waals surface area contributed by atoms with Crippen molar-refractivity contribution in [1.82, 2.24) is 9.97 Å². The molecule has 5 nitrogen and oxygen atoms in total. The van der Waals surface area contributed by atoms with Crippen molar-refractivity contribution < 1.29 is 9.53 Å². The number of methoxy groups -OCH3 is 1. The van der Waals surface area contributed by atoms with E-state index >= 15 is 0 Å². The van der Waals surface area contributed by atoms with Crippen LogP contribution in [0.2, 0.25) is 0 Å². The molecule has 0 bridgehead atoms. The minimum atomic E-state index is -0.214. The van der Waals surface area contributed by atoms with Gasteiger partial charge in [-0.3, -0.25) is 4.79 Å². The fourth-order valence-corrected chi connectivity index (χ4v) is 2.81. The van der Waals surface area contributed by atoms with Crippen LogP contribution in [0.25, 0.3) is 11.4 Å². The fourth-order valence-electron chi connectivity index (χ4n) is 2.81. The third kappa shape index (κ3) is 3.88. The quantitative estimate of drug-likeness (QED) is 0.763. The van der Waals surface area contributed by atoms with E-state index in [-0.39, 0.29) is 5.91 Å². The maximum atomic E-state index is 12.6. The highest BCUT2D eigenvalue weighted by atomic mass is 16.5. The van der Waals surface area contributed by atoms with Crippen molar-refractivity contribution >= 4 is 11.6 Å². The highest BCUT2D eigenvalue weighted by Gasteiger charge is 2.13. The molecular formula is C21H21N3O2. The van der Waals surface area contributed by atoms with E-state index in [0.29, 0.717) is 17.1 Å². The first-order valence-electron chi connectivity index (χ1n) is 8.34. The summed E-state index contributed by atoms with van der Waals surface area (Å²) in [6.45, 7) is 5.81. The van der Waals surface area contributed by atoms with Gasteiger partial charge in [-0.2, -0.15) is 0 Å². The van der Waals surface area contributed by atoms with Gasteiger partial charge in [0.2, 0.25) is 0 Å². The summed E-state index contributed by atoms with van der Waals surface area (Å²) in [5, 5.41) is 2.92. The Bertz CT molecular complexity index is 930. The average Bonchev–Trinajstić information content (AvgIpc) is 2.60. The molecule has 1 N–H and O–H groups in total. The lowest BCUT2D eigenvalue weighted by Crippen LogP contribution is -2.15. The van der Waals surface area contributed by atoms with E-state index in [1.165, 1.54) is 0 Å². The number of carbonyl (C=O) groups excluding carboxylic acids is 1. The van der Waals surface area contributed by atoms with Gasteiger partial charge in [-0.15, -0.1) is 0 Å². The van der Waals surface area contributed by atoms with E-state index in [1.807, 2.05) is 57.2 Å². The van der Waals surface area contributed by atoms with Crippen molar-refractivity contribution in [2.75, 3.05) is 12.4 Å².